The number of nitrogens with zero attached hydrogens (tertiary/aromatic N) is 2. The van der Waals surface area contributed by atoms with Gasteiger partial charge in [-0.15, -0.1) is 0 Å². The number of ether oxygens (including phenoxy) is 2. The number of carbonyl (C=O) groups excluding carboxylic acids is 2. The maximum absolute atomic E-state index is 12.4. The maximum atomic E-state index is 12.4. The van der Waals surface area contributed by atoms with Gasteiger partial charge in [0.2, 0.25) is 0 Å². The summed E-state index contributed by atoms with van der Waals surface area (Å²) in [5, 5.41) is 13.5. The molecule has 1 aliphatic rings. The van der Waals surface area contributed by atoms with Crippen LogP contribution in [0, 0.1) is 10.1 Å². The van der Waals surface area contributed by atoms with E-state index in [0.717, 1.165) is 5.56 Å². The molecule has 1 N–H and O–H groups in total. The number of carbonyl (C=O) groups is 2. The lowest BCUT2D eigenvalue weighted by atomic mass is 10.1. The van der Waals surface area contributed by atoms with Gasteiger partial charge < -0.3 is 19.7 Å². The number of nitrogens with one attached hydrogen (secondary N) is 1. The van der Waals surface area contributed by atoms with Crippen LogP contribution in [0.4, 0.5) is 11.4 Å². The number of anilines is 1. The third-order valence-electron chi connectivity index (χ3n) is 4.50. The zero-order valence-corrected chi connectivity index (χ0v) is 15.9. The van der Waals surface area contributed by atoms with Crippen LogP contribution in [-0.2, 0) is 16.1 Å². The maximum Gasteiger partial charge on any atom is 0.269 e. The van der Waals surface area contributed by atoms with E-state index in [-0.39, 0.29) is 24.1 Å². The Kier molecular flexibility index (Phi) is 6.40. The first-order chi connectivity index (χ1) is 14.0. The van der Waals surface area contributed by atoms with Crippen molar-refractivity contribution in [1.29, 1.82) is 0 Å². The van der Waals surface area contributed by atoms with Crippen LogP contribution < -0.4 is 10.1 Å². The molecule has 9 nitrogen and oxygen atoms in total. The number of amides is 2. The molecular weight excluding hydrogens is 378 g/mol. The second-order valence-electron chi connectivity index (χ2n) is 6.53. The van der Waals surface area contributed by atoms with Gasteiger partial charge in [0.15, 0.2) is 6.61 Å². The molecule has 0 aromatic heterocycles. The Labute approximate surface area is 167 Å². The van der Waals surface area contributed by atoms with Gasteiger partial charge in [-0.05, 0) is 36.8 Å². The summed E-state index contributed by atoms with van der Waals surface area (Å²) >= 11 is 0. The summed E-state index contributed by atoms with van der Waals surface area (Å²) in [6.07, 6.45) is 0.716. The lowest BCUT2D eigenvalue weighted by Crippen LogP contribution is -2.33. The van der Waals surface area contributed by atoms with Crippen molar-refractivity contribution in [3.63, 3.8) is 0 Å². The number of hydrogen-bond donors (Lipinski definition) is 1. The molecule has 2 aromatic rings. The summed E-state index contributed by atoms with van der Waals surface area (Å²) in [7, 11) is 1.61. The molecule has 0 saturated heterocycles. The minimum absolute atomic E-state index is 0.0333. The Morgan fingerprint density at radius 3 is 2.72 bits per heavy atom. The van der Waals surface area contributed by atoms with Crippen LogP contribution in [-0.4, -0.2) is 48.5 Å². The van der Waals surface area contributed by atoms with E-state index < -0.39 is 4.92 Å². The molecule has 2 aromatic carbocycles. The lowest BCUT2D eigenvalue weighted by Gasteiger charge is -2.20. The standard InChI is InChI=1S/C20H21N3O6/c1-28-10-2-9-22-12-15-11-16(5-8-18(15)29-13-19(22)24)21-20(25)14-3-6-17(7-4-14)23(26)27/h3-8,11H,2,9-10,12-13H2,1H3,(H,21,25). The predicted molar refractivity (Wildman–Crippen MR) is 105 cm³/mol. The normalized spacial score (nSPS) is 13.3. The number of rotatable bonds is 7. The highest BCUT2D eigenvalue weighted by molar-refractivity contribution is 6.04. The summed E-state index contributed by atoms with van der Waals surface area (Å²) in [6, 6.07) is 10.5. The SMILES string of the molecule is COCCCN1Cc2cc(NC(=O)c3ccc([N+](=O)[O-])cc3)ccc2OCC1=O. The fourth-order valence-electron chi connectivity index (χ4n) is 2.99. The number of methoxy groups -OCH3 is 1. The van der Waals surface area contributed by atoms with Crippen molar-refractivity contribution in [1.82, 2.24) is 4.90 Å². The molecule has 3 rings (SSSR count). The zero-order chi connectivity index (χ0) is 20.8. The van der Waals surface area contributed by atoms with Gasteiger partial charge in [-0.25, -0.2) is 0 Å². The third kappa shape index (κ3) is 5.08. The predicted octanol–water partition coefficient (Wildman–Crippen LogP) is 2.60. The second-order valence-corrected chi connectivity index (χ2v) is 6.53. The van der Waals surface area contributed by atoms with Gasteiger partial charge in [-0.1, -0.05) is 0 Å². The van der Waals surface area contributed by atoms with Gasteiger partial charge in [0.25, 0.3) is 17.5 Å². The molecule has 0 fully saturated rings. The Hall–Kier alpha value is -3.46. The van der Waals surface area contributed by atoms with Crippen molar-refractivity contribution in [2.45, 2.75) is 13.0 Å². The molecule has 152 valence electrons. The summed E-state index contributed by atoms with van der Waals surface area (Å²) in [4.78, 5) is 36.6. The Morgan fingerprint density at radius 1 is 1.28 bits per heavy atom. The molecule has 2 amide bonds. The molecule has 0 bridgehead atoms. The molecule has 0 atom stereocenters. The van der Waals surface area contributed by atoms with E-state index in [4.69, 9.17) is 9.47 Å². The van der Waals surface area contributed by atoms with Crippen LogP contribution in [0.2, 0.25) is 0 Å². The van der Waals surface area contributed by atoms with Gasteiger partial charge in [-0.2, -0.15) is 0 Å². The van der Waals surface area contributed by atoms with E-state index in [1.54, 1.807) is 30.2 Å². The van der Waals surface area contributed by atoms with Gasteiger partial charge >= 0.3 is 0 Å². The largest absolute Gasteiger partial charge is 0.483 e. The molecule has 0 radical (unpaired) electrons. The van der Waals surface area contributed by atoms with E-state index in [1.165, 1.54) is 24.3 Å². The lowest BCUT2D eigenvalue weighted by molar-refractivity contribution is -0.384. The number of nitro benzene ring substituents is 1. The van der Waals surface area contributed by atoms with Crippen LogP contribution in [0.25, 0.3) is 0 Å². The highest BCUT2D eigenvalue weighted by atomic mass is 16.6. The number of nitro groups is 1. The molecule has 0 aliphatic carbocycles. The molecule has 0 saturated carbocycles. The first-order valence-electron chi connectivity index (χ1n) is 9.06. The van der Waals surface area contributed by atoms with Crippen LogP contribution >= 0.6 is 0 Å². The fraction of sp³-hybridized carbons (Fsp3) is 0.300. The van der Waals surface area contributed by atoms with E-state index in [0.29, 0.717) is 43.1 Å². The van der Waals surface area contributed by atoms with Gasteiger partial charge in [0.05, 0.1) is 4.92 Å². The van der Waals surface area contributed by atoms with Crippen LogP contribution in [0.5, 0.6) is 5.75 Å². The Morgan fingerprint density at radius 2 is 2.03 bits per heavy atom. The highest BCUT2D eigenvalue weighted by Crippen LogP contribution is 2.27. The Bertz CT molecular complexity index is 913. The fourth-order valence-corrected chi connectivity index (χ4v) is 2.99. The highest BCUT2D eigenvalue weighted by Gasteiger charge is 2.22. The minimum Gasteiger partial charge on any atom is -0.483 e. The molecule has 1 heterocycles. The van der Waals surface area contributed by atoms with Crippen LogP contribution in [0.15, 0.2) is 42.5 Å². The second kappa shape index (κ2) is 9.16. The first kappa shape index (κ1) is 20.3. The number of benzene rings is 2. The van der Waals surface area contributed by atoms with E-state index in [2.05, 4.69) is 5.32 Å². The van der Waals surface area contributed by atoms with Crippen molar-refractivity contribution >= 4 is 23.2 Å². The van der Waals surface area contributed by atoms with Gasteiger partial charge in [0, 0.05) is 55.8 Å². The molecule has 29 heavy (non-hydrogen) atoms. The molecule has 0 unspecified atom stereocenters. The average molecular weight is 399 g/mol. The molecule has 1 aliphatic heterocycles. The van der Waals surface area contributed by atoms with E-state index >= 15 is 0 Å². The van der Waals surface area contributed by atoms with Crippen molar-refractivity contribution < 1.29 is 24.0 Å². The average Bonchev–Trinajstić information content (AvgIpc) is 2.87. The molecule has 0 spiro atoms. The van der Waals surface area contributed by atoms with Crippen LogP contribution in [0.3, 0.4) is 0 Å². The first-order valence-corrected chi connectivity index (χ1v) is 9.06. The number of hydrogen-bond acceptors (Lipinski definition) is 6. The van der Waals surface area contributed by atoms with E-state index in [9.17, 15) is 19.7 Å². The summed E-state index contributed by atoms with van der Waals surface area (Å²) in [6.45, 7) is 1.45. The molecule has 9 heteroatoms. The summed E-state index contributed by atoms with van der Waals surface area (Å²) in [5.41, 5.74) is 1.55. The third-order valence-corrected chi connectivity index (χ3v) is 4.50. The summed E-state index contributed by atoms with van der Waals surface area (Å²) in [5.74, 6) is 0.108. The zero-order valence-electron chi connectivity index (χ0n) is 15.9. The van der Waals surface area contributed by atoms with Crippen molar-refractivity contribution in [2.75, 3.05) is 32.2 Å². The monoisotopic (exact) mass is 399 g/mol. The van der Waals surface area contributed by atoms with E-state index in [1.807, 2.05) is 0 Å². The molecular formula is C20H21N3O6. The smallest absolute Gasteiger partial charge is 0.269 e. The topological polar surface area (TPSA) is 111 Å². The minimum atomic E-state index is -0.520. The Balaban J connectivity index is 1.72. The van der Waals surface area contributed by atoms with Gasteiger partial charge in [-0.3, -0.25) is 19.7 Å². The van der Waals surface area contributed by atoms with Gasteiger partial charge in [0.1, 0.15) is 5.75 Å². The number of non-ortho nitro benzene ring substituents is 1. The number of fused-ring (bicyclic) bond motifs is 1. The van der Waals surface area contributed by atoms with Crippen molar-refractivity contribution in [3.05, 3.63) is 63.7 Å². The van der Waals surface area contributed by atoms with Crippen molar-refractivity contribution in [2.24, 2.45) is 0 Å². The van der Waals surface area contributed by atoms with Crippen LogP contribution in [0.1, 0.15) is 22.3 Å². The summed E-state index contributed by atoms with van der Waals surface area (Å²) < 4.78 is 10.6. The van der Waals surface area contributed by atoms with Crippen molar-refractivity contribution in [3.8, 4) is 5.75 Å². The quantitative estimate of drug-likeness (QED) is 0.435.